The fourth-order valence-corrected chi connectivity index (χ4v) is 4.36. The summed E-state index contributed by atoms with van der Waals surface area (Å²) in [6.07, 6.45) is 0. The molecule has 0 atom stereocenters. The molecule has 0 unspecified atom stereocenters. The molecule has 0 aliphatic rings. The number of thiophene rings is 1. The second-order valence-corrected chi connectivity index (χ2v) is 7.22. The maximum Gasteiger partial charge on any atom is 0.124 e. The monoisotopic (exact) mass is 338 g/mol. The Balaban J connectivity index is 1.68. The molecule has 2 aromatic heterocycles. The van der Waals surface area contributed by atoms with Crippen LogP contribution in [0.2, 0.25) is 5.02 Å². The highest BCUT2D eigenvalue weighted by Crippen LogP contribution is 2.31. The van der Waals surface area contributed by atoms with Crippen molar-refractivity contribution in [3.8, 4) is 10.6 Å². The van der Waals surface area contributed by atoms with Gasteiger partial charge < -0.3 is 5.73 Å². The molecule has 0 fully saturated rings. The van der Waals surface area contributed by atoms with Gasteiger partial charge >= 0.3 is 0 Å². The lowest BCUT2D eigenvalue weighted by Crippen LogP contribution is -1.86. The van der Waals surface area contributed by atoms with Gasteiger partial charge in [-0.2, -0.15) is 11.3 Å². The Morgan fingerprint density at radius 1 is 1.25 bits per heavy atom. The summed E-state index contributed by atoms with van der Waals surface area (Å²) in [5.74, 6) is 0.834. The average molecular weight is 339 g/mol. The third-order valence-corrected chi connectivity index (χ3v) is 5.66. The molecule has 0 radical (unpaired) electrons. The van der Waals surface area contributed by atoms with Crippen LogP contribution in [-0.2, 0) is 5.75 Å². The molecule has 2 heterocycles. The average Bonchev–Trinajstić information content (AvgIpc) is 3.09. The third kappa shape index (κ3) is 3.17. The predicted molar refractivity (Wildman–Crippen MR) is 90.9 cm³/mol. The van der Waals surface area contributed by atoms with Crippen molar-refractivity contribution in [2.75, 3.05) is 5.73 Å². The normalized spacial score (nSPS) is 10.8. The van der Waals surface area contributed by atoms with Crippen molar-refractivity contribution in [2.45, 2.75) is 10.6 Å². The van der Waals surface area contributed by atoms with Gasteiger partial charge in [-0.1, -0.05) is 11.6 Å². The SMILES string of the molecule is Nc1ccc(SCc2csc(-c3ccsc3)n2)cc1Cl. The van der Waals surface area contributed by atoms with E-state index in [0.29, 0.717) is 10.7 Å². The van der Waals surface area contributed by atoms with Gasteiger partial charge in [-0.05, 0) is 29.6 Å². The second-order valence-electron chi connectivity index (χ2n) is 4.13. The fourth-order valence-electron chi connectivity index (χ4n) is 1.65. The highest BCUT2D eigenvalue weighted by Gasteiger charge is 2.06. The van der Waals surface area contributed by atoms with Gasteiger partial charge in [-0.3, -0.25) is 0 Å². The minimum Gasteiger partial charge on any atom is -0.398 e. The Bertz CT molecular complexity index is 707. The molecule has 3 rings (SSSR count). The predicted octanol–water partition coefficient (Wildman–Crippen LogP) is 5.40. The lowest BCUT2D eigenvalue weighted by atomic mass is 10.3. The maximum atomic E-state index is 6.02. The summed E-state index contributed by atoms with van der Waals surface area (Å²) < 4.78 is 0. The molecule has 0 aliphatic heterocycles. The highest BCUT2D eigenvalue weighted by atomic mass is 35.5. The molecule has 3 aromatic rings. The summed E-state index contributed by atoms with van der Waals surface area (Å²) in [5.41, 5.74) is 8.61. The largest absolute Gasteiger partial charge is 0.398 e. The van der Waals surface area contributed by atoms with Crippen LogP contribution in [0.3, 0.4) is 0 Å². The molecule has 20 heavy (non-hydrogen) atoms. The molecule has 2 N–H and O–H groups in total. The summed E-state index contributed by atoms with van der Waals surface area (Å²) in [6.45, 7) is 0. The molecule has 6 heteroatoms. The number of benzene rings is 1. The van der Waals surface area contributed by atoms with Crippen LogP contribution in [0.1, 0.15) is 5.69 Å². The van der Waals surface area contributed by atoms with Crippen molar-refractivity contribution in [1.29, 1.82) is 0 Å². The Kier molecular flexibility index (Phi) is 4.31. The van der Waals surface area contributed by atoms with E-state index in [1.807, 2.05) is 18.2 Å². The van der Waals surface area contributed by atoms with Crippen molar-refractivity contribution < 1.29 is 0 Å². The quantitative estimate of drug-likeness (QED) is 0.511. The summed E-state index contributed by atoms with van der Waals surface area (Å²) >= 11 is 11.1. The summed E-state index contributed by atoms with van der Waals surface area (Å²) in [7, 11) is 0. The van der Waals surface area contributed by atoms with Gasteiger partial charge in [0.15, 0.2) is 0 Å². The van der Waals surface area contributed by atoms with E-state index in [1.54, 1.807) is 34.4 Å². The number of nitrogen functional groups attached to an aromatic ring is 1. The molecule has 0 spiro atoms. The van der Waals surface area contributed by atoms with Crippen molar-refractivity contribution in [1.82, 2.24) is 4.98 Å². The number of hydrogen-bond donors (Lipinski definition) is 1. The summed E-state index contributed by atoms with van der Waals surface area (Å²) in [6, 6.07) is 7.81. The van der Waals surface area contributed by atoms with Crippen molar-refractivity contribution in [3.63, 3.8) is 0 Å². The first-order valence-corrected chi connectivity index (χ1v) is 9.06. The molecule has 0 bridgehead atoms. The van der Waals surface area contributed by atoms with Crippen LogP contribution >= 0.6 is 46.0 Å². The van der Waals surface area contributed by atoms with Crippen LogP contribution in [0, 0.1) is 0 Å². The van der Waals surface area contributed by atoms with Gasteiger partial charge in [0.05, 0.1) is 16.4 Å². The van der Waals surface area contributed by atoms with E-state index in [1.165, 1.54) is 5.56 Å². The third-order valence-electron chi connectivity index (χ3n) is 2.68. The van der Waals surface area contributed by atoms with Crippen molar-refractivity contribution in [2.24, 2.45) is 0 Å². The highest BCUT2D eigenvalue weighted by molar-refractivity contribution is 7.98. The fraction of sp³-hybridized carbons (Fsp3) is 0.0714. The van der Waals surface area contributed by atoms with Crippen LogP contribution < -0.4 is 5.73 Å². The number of aromatic nitrogens is 1. The molecule has 0 saturated carbocycles. The number of thioether (sulfide) groups is 1. The smallest absolute Gasteiger partial charge is 0.124 e. The lowest BCUT2D eigenvalue weighted by Gasteiger charge is -2.02. The lowest BCUT2D eigenvalue weighted by molar-refractivity contribution is 1.23. The first-order valence-electron chi connectivity index (χ1n) is 5.87. The number of anilines is 1. The van der Waals surface area contributed by atoms with Crippen LogP contribution in [0.15, 0.2) is 45.3 Å². The van der Waals surface area contributed by atoms with Gasteiger partial charge in [0.2, 0.25) is 0 Å². The van der Waals surface area contributed by atoms with E-state index in [-0.39, 0.29) is 0 Å². The minimum absolute atomic E-state index is 0.604. The second kappa shape index (κ2) is 6.18. The number of hydrogen-bond acceptors (Lipinski definition) is 5. The zero-order valence-corrected chi connectivity index (χ0v) is 13.6. The zero-order chi connectivity index (χ0) is 13.9. The van der Waals surface area contributed by atoms with Gasteiger partial charge in [0.25, 0.3) is 0 Å². The molecule has 1 aromatic carbocycles. The number of rotatable bonds is 4. The van der Waals surface area contributed by atoms with Crippen molar-refractivity contribution in [3.05, 3.63) is 51.1 Å². The number of nitrogens with two attached hydrogens (primary N) is 1. The van der Waals surface area contributed by atoms with Gasteiger partial charge in [0.1, 0.15) is 5.01 Å². The van der Waals surface area contributed by atoms with Gasteiger partial charge in [-0.15, -0.1) is 23.1 Å². The molecular weight excluding hydrogens is 328 g/mol. The zero-order valence-electron chi connectivity index (χ0n) is 10.4. The van der Waals surface area contributed by atoms with Crippen LogP contribution in [0.4, 0.5) is 5.69 Å². The summed E-state index contributed by atoms with van der Waals surface area (Å²) in [5, 5.41) is 7.99. The van der Waals surface area contributed by atoms with Crippen LogP contribution in [0.5, 0.6) is 0 Å². The van der Waals surface area contributed by atoms with Gasteiger partial charge in [-0.25, -0.2) is 4.98 Å². The Morgan fingerprint density at radius 2 is 2.15 bits per heavy atom. The minimum atomic E-state index is 0.604. The van der Waals surface area contributed by atoms with E-state index in [0.717, 1.165) is 21.3 Å². The first kappa shape index (κ1) is 13.9. The standard InChI is InChI=1S/C14H11ClN2S3/c15-12-5-11(1-2-13(12)16)19-7-10-8-20-14(17-10)9-3-4-18-6-9/h1-6,8H,7,16H2. The summed E-state index contributed by atoms with van der Waals surface area (Å²) in [4.78, 5) is 5.76. The van der Waals surface area contributed by atoms with E-state index < -0.39 is 0 Å². The van der Waals surface area contributed by atoms with E-state index in [9.17, 15) is 0 Å². The Labute approximate surface area is 134 Å². The number of halogens is 1. The van der Waals surface area contributed by atoms with E-state index in [2.05, 4.69) is 27.2 Å². The number of nitrogens with zero attached hydrogens (tertiary/aromatic N) is 1. The Morgan fingerprint density at radius 3 is 2.90 bits per heavy atom. The van der Waals surface area contributed by atoms with Gasteiger partial charge in [0, 0.05) is 27.0 Å². The van der Waals surface area contributed by atoms with E-state index in [4.69, 9.17) is 17.3 Å². The van der Waals surface area contributed by atoms with Crippen LogP contribution in [-0.4, -0.2) is 4.98 Å². The van der Waals surface area contributed by atoms with Crippen molar-refractivity contribution >= 4 is 51.7 Å². The molecule has 102 valence electrons. The maximum absolute atomic E-state index is 6.02. The molecule has 0 amide bonds. The molecular formula is C14H11ClN2S3. The first-order chi connectivity index (χ1) is 9.72. The topological polar surface area (TPSA) is 38.9 Å². The molecule has 0 aliphatic carbocycles. The molecule has 0 saturated heterocycles. The molecule has 2 nitrogen and oxygen atoms in total. The number of thiazole rings is 1. The Hall–Kier alpha value is -1.01. The van der Waals surface area contributed by atoms with Crippen LogP contribution in [0.25, 0.3) is 10.6 Å². The van der Waals surface area contributed by atoms with E-state index >= 15 is 0 Å².